The Labute approximate surface area is 116 Å². The molecular weight excluding hydrogens is 238 g/mol. The highest BCUT2D eigenvalue weighted by molar-refractivity contribution is 5.27. The van der Waals surface area contributed by atoms with E-state index in [0.29, 0.717) is 12.6 Å². The summed E-state index contributed by atoms with van der Waals surface area (Å²) in [5.41, 5.74) is 2.19. The minimum atomic E-state index is -0.414. The van der Waals surface area contributed by atoms with Gasteiger partial charge in [0.1, 0.15) is 0 Å². The number of nitrogens with zero attached hydrogens (tertiary/aromatic N) is 1. The monoisotopic (exact) mass is 263 g/mol. The van der Waals surface area contributed by atoms with Gasteiger partial charge in [0.15, 0.2) is 0 Å². The fourth-order valence-electron chi connectivity index (χ4n) is 2.71. The maximum atomic E-state index is 10.4. The number of aliphatic hydroxyl groups is 1. The Morgan fingerprint density at radius 1 is 1.42 bits per heavy atom. The van der Waals surface area contributed by atoms with E-state index in [1.54, 1.807) is 0 Å². The third-order valence-electron chi connectivity index (χ3n) is 3.91. The first-order valence-electron chi connectivity index (χ1n) is 7.28. The molecule has 1 aliphatic heterocycles. The molecule has 1 heterocycles. The smallest absolute Gasteiger partial charge is 0.0919 e. The average molecular weight is 263 g/mol. The lowest BCUT2D eigenvalue weighted by molar-refractivity contribution is 0.0515. The summed E-state index contributed by atoms with van der Waals surface area (Å²) in [4.78, 5) is 2.28. The van der Waals surface area contributed by atoms with Crippen molar-refractivity contribution in [2.45, 2.75) is 38.9 Å². The zero-order valence-corrected chi connectivity index (χ0v) is 12.0. The summed E-state index contributed by atoms with van der Waals surface area (Å²) in [7, 11) is 0. The van der Waals surface area contributed by atoms with Crippen molar-refractivity contribution in [3.63, 3.8) is 0 Å². The van der Waals surface area contributed by atoms with Crippen LogP contribution in [-0.2, 0) is 4.74 Å². The van der Waals surface area contributed by atoms with Gasteiger partial charge in [-0.15, -0.1) is 0 Å². The Bertz CT molecular complexity index is 388. The summed E-state index contributed by atoms with van der Waals surface area (Å²) in [6.07, 6.45) is 2.26. The second kappa shape index (κ2) is 7.04. The van der Waals surface area contributed by atoms with Gasteiger partial charge in [-0.2, -0.15) is 0 Å². The van der Waals surface area contributed by atoms with E-state index in [-0.39, 0.29) is 0 Å². The molecule has 3 heteroatoms. The van der Waals surface area contributed by atoms with Crippen molar-refractivity contribution in [2.75, 3.05) is 26.2 Å². The fourth-order valence-corrected chi connectivity index (χ4v) is 2.71. The first-order valence-corrected chi connectivity index (χ1v) is 7.28. The van der Waals surface area contributed by atoms with Crippen molar-refractivity contribution < 1.29 is 9.84 Å². The topological polar surface area (TPSA) is 32.7 Å². The van der Waals surface area contributed by atoms with Gasteiger partial charge < -0.3 is 9.84 Å². The lowest BCUT2D eigenvalue weighted by Crippen LogP contribution is -2.35. The van der Waals surface area contributed by atoms with Crippen molar-refractivity contribution in [1.82, 2.24) is 4.90 Å². The molecule has 1 N–H and O–H groups in total. The van der Waals surface area contributed by atoms with E-state index < -0.39 is 6.10 Å². The third-order valence-corrected chi connectivity index (χ3v) is 3.91. The van der Waals surface area contributed by atoms with Gasteiger partial charge in [0.2, 0.25) is 0 Å². The van der Waals surface area contributed by atoms with Gasteiger partial charge in [0.05, 0.1) is 12.2 Å². The molecule has 2 rings (SSSR count). The number of aryl methyl sites for hydroxylation is 1. The maximum Gasteiger partial charge on any atom is 0.0919 e. The van der Waals surface area contributed by atoms with Gasteiger partial charge in [-0.05, 0) is 37.4 Å². The highest BCUT2D eigenvalue weighted by Crippen LogP contribution is 2.20. The largest absolute Gasteiger partial charge is 0.387 e. The van der Waals surface area contributed by atoms with Crippen LogP contribution in [0.3, 0.4) is 0 Å². The van der Waals surface area contributed by atoms with Gasteiger partial charge in [-0.3, -0.25) is 4.90 Å². The molecule has 106 valence electrons. The highest BCUT2D eigenvalue weighted by Gasteiger charge is 2.20. The number of rotatable bonds is 6. The van der Waals surface area contributed by atoms with Crippen LogP contribution in [0.2, 0.25) is 0 Å². The Morgan fingerprint density at radius 2 is 2.21 bits per heavy atom. The van der Waals surface area contributed by atoms with Crippen LogP contribution < -0.4 is 0 Å². The van der Waals surface area contributed by atoms with E-state index in [0.717, 1.165) is 37.2 Å². The van der Waals surface area contributed by atoms with Crippen molar-refractivity contribution in [1.29, 1.82) is 0 Å². The molecule has 0 saturated carbocycles. The third kappa shape index (κ3) is 4.03. The first kappa shape index (κ1) is 14.5. The summed E-state index contributed by atoms with van der Waals surface area (Å²) in [6, 6.07) is 8.06. The van der Waals surface area contributed by atoms with E-state index in [1.807, 2.05) is 18.2 Å². The molecular formula is C16H25NO2. The lowest BCUT2D eigenvalue weighted by Gasteiger charge is -2.26. The average Bonchev–Trinajstić information content (AvgIpc) is 2.91. The molecule has 1 aromatic rings. The van der Waals surface area contributed by atoms with Gasteiger partial charge in [-0.25, -0.2) is 0 Å². The Kier molecular flexibility index (Phi) is 5.37. The van der Waals surface area contributed by atoms with Gasteiger partial charge >= 0.3 is 0 Å². The van der Waals surface area contributed by atoms with Crippen LogP contribution >= 0.6 is 0 Å². The zero-order chi connectivity index (χ0) is 13.7. The number of benzene rings is 1. The molecule has 0 aliphatic carbocycles. The van der Waals surface area contributed by atoms with E-state index >= 15 is 0 Å². The lowest BCUT2D eigenvalue weighted by atomic mass is 10.0. The van der Waals surface area contributed by atoms with Crippen molar-refractivity contribution in [2.24, 2.45) is 0 Å². The molecule has 19 heavy (non-hydrogen) atoms. The molecule has 2 unspecified atom stereocenters. The van der Waals surface area contributed by atoms with Crippen molar-refractivity contribution in [3.8, 4) is 0 Å². The molecule has 0 spiro atoms. The molecule has 0 radical (unpaired) electrons. The molecule has 0 bridgehead atoms. The van der Waals surface area contributed by atoms with Crippen LogP contribution in [0.5, 0.6) is 0 Å². The molecule has 2 atom stereocenters. The van der Waals surface area contributed by atoms with Crippen molar-refractivity contribution >= 4 is 0 Å². The number of aliphatic hydroxyl groups excluding tert-OH is 1. The Morgan fingerprint density at radius 3 is 2.84 bits per heavy atom. The summed E-state index contributed by atoms with van der Waals surface area (Å²) < 4.78 is 5.67. The first-order chi connectivity index (χ1) is 9.20. The molecule has 0 aromatic heterocycles. The minimum Gasteiger partial charge on any atom is -0.387 e. The van der Waals surface area contributed by atoms with Crippen LogP contribution in [0.15, 0.2) is 24.3 Å². The predicted molar refractivity (Wildman–Crippen MR) is 77.2 cm³/mol. The SMILES string of the molecule is CCN(CC1CCCO1)CC(O)c1ccccc1C. The van der Waals surface area contributed by atoms with E-state index in [9.17, 15) is 5.11 Å². The second-order valence-corrected chi connectivity index (χ2v) is 5.36. The summed E-state index contributed by atoms with van der Waals surface area (Å²) in [5.74, 6) is 0. The van der Waals surface area contributed by atoms with E-state index in [1.165, 1.54) is 6.42 Å². The van der Waals surface area contributed by atoms with Crippen LogP contribution in [0, 0.1) is 6.92 Å². The maximum absolute atomic E-state index is 10.4. The second-order valence-electron chi connectivity index (χ2n) is 5.36. The Hall–Kier alpha value is -0.900. The summed E-state index contributed by atoms with van der Waals surface area (Å²) >= 11 is 0. The molecule has 1 aromatic carbocycles. The quantitative estimate of drug-likeness (QED) is 0.856. The van der Waals surface area contributed by atoms with Crippen LogP contribution in [0.1, 0.15) is 37.0 Å². The molecule has 1 aliphatic rings. The fraction of sp³-hybridized carbons (Fsp3) is 0.625. The molecule has 1 fully saturated rings. The summed E-state index contributed by atoms with van der Waals surface area (Å²) in [5, 5.41) is 10.4. The normalized spacial score (nSPS) is 20.9. The van der Waals surface area contributed by atoms with Crippen LogP contribution in [0.4, 0.5) is 0 Å². The summed E-state index contributed by atoms with van der Waals surface area (Å²) in [6.45, 7) is 7.64. The molecule has 1 saturated heterocycles. The Balaban J connectivity index is 1.92. The van der Waals surface area contributed by atoms with Gasteiger partial charge in [0.25, 0.3) is 0 Å². The predicted octanol–water partition coefficient (Wildman–Crippen LogP) is 2.53. The molecule has 3 nitrogen and oxygen atoms in total. The zero-order valence-electron chi connectivity index (χ0n) is 12.0. The van der Waals surface area contributed by atoms with Gasteiger partial charge in [0, 0.05) is 19.7 Å². The van der Waals surface area contributed by atoms with E-state index in [2.05, 4.69) is 24.8 Å². The van der Waals surface area contributed by atoms with Gasteiger partial charge in [-0.1, -0.05) is 31.2 Å². The van der Waals surface area contributed by atoms with Crippen LogP contribution in [-0.4, -0.2) is 42.4 Å². The standard InChI is InChI=1S/C16H25NO2/c1-3-17(11-14-8-6-10-19-14)12-16(18)15-9-5-4-7-13(15)2/h4-5,7,9,14,16,18H,3,6,8,10-12H2,1-2H3. The minimum absolute atomic E-state index is 0.351. The molecule has 0 amide bonds. The number of hydrogen-bond donors (Lipinski definition) is 1. The van der Waals surface area contributed by atoms with Crippen molar-refractivity contribution in [3.05, 3.63) is 35.4 Å². The van der Waals surface area contributed by atoms with E-state index in [4.69, 9.17) is 4.74 Å². The highest BCUT2D eigenvalue weighted by atomic mass is 16.5. The number of likely N-dealkylation sites (N-methyl/N-ethyl adjacent to an activating group) is 1. The van der Waals surface area contributed by atoms with Crippen LogP contribution in [0.25, 0.3) is 0 Å². The number of hydrogen-bond acceptors (Lipinski definition) is 3. The number of ether oxygens (including phenoxy) is 1.